The number of carbonyl (C=O) groups excluding carboxylic acids is 1. The lowest BCUT2D eigenvalue weighted by molar-refractivity contribution is -0.385. The number of benzene rings is 3. The summed E-state index contributed by atoms with van der Waals surface area (Å²) in [5.41, 5.74) is 1.63. The number of ether oxygens (including phenoxy) is 1. The Morgan fingerprint density at radius 2 is 1.66 bits per heavy atom. The molecule has 160 valence electrons. The average molecular weight is 429 g/mol. The lowest BCUT2D eigenvalue weighted by atomic mass is 10.1. The highest BCUT2D eigenvalue weighted by molar-refractivity contribution is 5.79. The van der Waals surface area contributed by atoms with Crippen LogP contribution in [0.2, 0.25) is 0 Å². The molecule has 0 radical (unpaired) electrons. The quantitative estimate of drug-likeness (QED) is 0.337. The Kier molecular flexibility index (Phi) is 6.17. The van der Waals surface area contributed by atoms with Crippen molar-refractivity contribution in [2.24, 2.45) is 0 Å². The number of carbonyl (C=O) groups is 1. The molecule has 0 fully saturated rings. The highest BCUT2D eigenvalue weighted by atomic mass is 16.6. The molecule has 0 saturated heterocycles. The summed E-state index contributed by atoms with van der Waals surface area (Å²) in [5, 5.41) is 21.9. The molecule has 0 atom stereocenters. The Labute approximate surface area is 183 Å². The topological polar surface area (TPSA) is 112 Å². The number of hydrogen-bond donors (Lipinski definition) is 1. The molecule has 9 nitrogen and oxygen atoms in total. The molecule has 1 amide bonds. The van der Waals surface area contributed by atoms with Crippen molar-refractivity contribution >= 4 is 11.6 Å². The van der Waals surface area contributed by atoms with Gasteiger partial charge in [0.15, 0.2) is 0 Å². The van der Waals surface area contributed by atoms with Crippen molar-refractivity contribution in [3.63, 3.8) is 0 Å². The lowest BCUT2D eigenvalue weighted by Crippen LogP contribution is -2.25. The third-order valence-corrected chi connectivity index (χ3v) is 4.63. The molecule has 3 aromatic carbocycles. The minimum absolute atomic E-state index is 0.0757. The first-order chi connectivity index (χ1) is 15.6. The molecule has 1 heterocycles. The van der Waals surface area contributed by atoms with Crippen LogP contribution in [0.5, 0.6) is 11.5 Å². The van der Waals surface area contributed by atoms with E-state index in [1.165, 1.54) is 6.07 Å². The molecule has 9 heteroatoms. The second-order valence-corrected chi connectivity index (χ2v) is 6.90. The summed E-state index contributed by atoms with van der Waals surface area (Å²) in [6, 6.07) is 23.0. The molecule has 0 spiro atoms. The minimum Gasteiger partial charge on any atom is -0.457 e. The van der Waals surface area contributed by atoms with E-state index in [2.05, 4.69) is 15.6 Å². The van der Waals surface area contributed by atoms with Gasteiger partial charge in [-0.15, -0.1) is 5.10 Å². The summed E-state index contributed by atoms with van der Waals surface area (Å²) < 4.78 is 7.37. The van der Waals surface area contributed by atoms with Gasteiger partial charge in [-0.25, -0.2) is 4.68 Å². The highest BCUT2D eigenvalue weighted by Gasteiger charge is 2.15. The van der Waals surface area contributed by atoms with Gasteiger partial charge in [-0.2, -0.15) is 0 Å². The van der Waals surface area contributed by atoms with Gasteiger partial charge in [0.2, 0.25) is 5.91 Å². The summed E-state index contributed by atoms with van der Waals surface area (Å²) >= 11 is 0. The number of amides is 1. The largest absolute Gasteiger partial charge is 0.457 e. The van der Waals surface area contributed by atoms with Gasteiger partial charge in [-0.3, -0.25) is 14.9 Å². The second-order valence-electron chi connectivity index (χ2n) is 6.90. The number of aromatic nitrogens is 3. The standard InChI is InChI=1S/C23H19N5O4/c29-23(14-17-6-4-5-9-22(17)28(30)31)24-15-18-16-27(26-25-18)19-10-12-21(13-11-19)32-20-7-2-1-3-8-20/h1-13,16H,14-15H2,(H,24,29). The number of nitro benzene ring substituents is 1. The Morgan fingerprint density at radius 3 is 2.41 bits per heavy atom. The van der Waals surface area contributed by atoms with Crippen molar-refractivity contribution in [3.8, 4) is 17.2 Å². The highest BCUT2D eigenvalue weighted by Crippen LogP contribution is 2.22. The predicted octanol–water partition coefficient (Wildman–Crippen LogP) is 3.83. The zero-order valence-electron chi connectivity index (χ0n) is 16.9. The molecule has 4 rings (SSSR count). The van der Waals surface area contributed by atoms with Gasteiger partial charge in [0.1, 0.15) is 17.2 Å². The molecule has 0 aliphatic heterocycles. The van der Waals surface area contributed by atoms with Gasteiger partial charge in [-0.05, 0) is 36.4 Å². The van der Waals surface area contributed by atoms with Gasteiger partial charge in [0.05, 0.1) is 29.8 Å². The molecule has 1 N–H and O–H groups in total. The van der Waals surface area contributed by atoms with E-state index >= 15 is 0 Å². The second kappa shape index (κ2) is 9.52. The van der Waals surface area contributed by atoms with Gasteiger partial charge in [0, 0.05) is 11.6 Å². The molecular formula is C23H19N5O4. The summed E-state index contributed by atoms with van der Waals surface area (Å²) in [6.07, 6.45) is 1.62. The average Bonchev–Trinajstić information content (AvgIpc) is 3.28. The van der Waals surface area contributed by atoms with Crippen LogP contribution in [-0.2, 0) is 17.8 Å². The zero-order chi connectivity index (χ0) is 22.3. The van der Waals surface area contributed by atoms with Crippen LogP contribution < -0.4 is 10.1 Å². The molecule has 0 bridgehead atoms. The molecular weight excluding hydrogens is 410 g/mol. The van der Waals surface area contributed by atoms with E-state index in [1.54, 1.807) is 29.1 Å². The van der Waals surface area contributed by atoms with Crippen LogP contribution in [0.25, 0.3) is 5.69 Å². The summed E-state index contributed by atoms with van der Waals surface area (Å²) in [6.45, 7) is 0.161. The monoisotopic (exact) mass is 429 g/mol. The summed E-state index contributed by atoms with van der Waals surface area (Å²) in [4.78, 5) is 22.8. The Morgan fingerprint density at radius 1 is 0.969 bits per heavy atom. The van der Waals surface area contributed by atoms with Crippen LogP contribution in [-0.4, -0.2) is 25.8 Å². The van der Waals surface area contributed by atoms with E-state index in [1.807, 2.05) is 54.6 Å². The molecule has 0 aliphatic carbocycles. The van der Waals surface area contributed by atoms with Crippen LogP contribution in [0.4, 0.5) is 5.69 Å². The third-order valence-electron chi connectivity index (χ3n) is 4.63. The van der Waals surface area contributed by atoms with Crippen molar-refractivity contribution in [2.75, 3.05) is 0 Å². The molecule has 0 aliphatic rings. The van der Waals surface area contributed by atoms with E-state index < -0.39 is 4.92 Å². The van der Waals surface area contributed by atoms with Crippen LogP contribution in [0, 0.1) is 10.1 Å². The predicted molar refractivity (Wildman–Crippen MR) is 117 cm³/mol. The van der Waals surface area contributed by atoms with Gasteiger partial charge < -0.3 is 10.1 Å². The van der Waals surface area contributed by atoms with Crippen molar-refractivity contribution < 1.29 is 14.5 Å². The number of rotatable bonds is 8. The maximum absolute atomic E-state index is 12.2. The van der Waals surface area contributed by atoms with E-state index in [0.717, 1.165) is 11.4 Å². The third kappa shape index (κ3) is 5.14. The van der Waals surface area contributed by atoms with Crippen LogP contribution in [0.3, 0.4) is 0 Å². The smallest absolute Gasteiger partial charge is 0.273 e. The van der Waals surface area contributed by atoms with Crippen molar-refractivity contribution in [1.82, 2.24) is 20.3 Å². The first kappa shape index (κ1) is 20.7. The molecule has 0 unspecified atom stereocenters. The Hall–Kier alpha value is -4.53. The number of para-hydroxylation sites is 2. The minimum atomic E-state index is -0.496. The summed E-state index contributed by atoms with van der Waals surface area (Å²) in [7, 11) is 0. The molecule has 0 saturated carbocycles. The number of nitrogens with zero attached hydrogens (tertiary/aromatic N) is 4. The fourth-order valence-corrected chi connectivity index (χ4v) is 3.06. The van der Waals surface area contributed by atoms with Crippen LogP contribution >= 0.6 is 0 Å². The van der Waals surface area contributed by atoms with Gasteiger partial charge in [0.25, 0.3) is 5.69 Å². The van der Waals surface area contributed by atoms with Crippen LogP contribution in [0.15, 0.2) is 85.1 Å². The van der Waals surface area contributed by atoms with E-state index in [9.17, 15) is 14.9 Å². The fourth-order valence-electron chi connectivity index (χ4n) is 3.06. The summed E-state index contributed by atoms with van der Waals surface area (Å²) in [5.74, 6) is 1.11. The number of nitrogens with one attached hydrogen (secondary N) is 1. The zero-order valence-corrected chi connectivity index (χ0v) is 16.9. The maximum atomic E-state index is 12.2. The van der Waals surface area contributed by atoms with Crippen LogP contribution in [0.1, 0.15) is 11.3 Å². The molecule has 1 aromatic heterocycles. The Balaban J connectivity index is 1.34. The van der Waals surface area contributed by atoms with E-state index in [0.29, 0.717) is 17.0 Å². The van der Waals surface area contributed by atoms with Crippen molar-refractivity contribution in [1.29, 1.82) is 0 Å². The van der Waals surface area contributed by atoms with E-state index in [-0.39, 0.29) is 24.6 Å². The first-order valence-electron chi connectivity index (χ1n) is 9.82. The normalized spacial score (nSPS) is 10.5. The fraction of sp³-hybridized carbons (Fsp3) is 0.0870. The molecule has 32 heavy (non-hydrogen) atoms. The maximum Gasteiger partial charge on any atom is 0.273 e. The van der Waals surface area contributed by atoms with Crippen molar-refractivity contribution in [2.45, 2.75) is 13.0 Å². The number of hydrogen-bond acceptors (Lipinski definition) is 6. The van der Waals surface area contributed by atoms with Gasteiger partial charge in [-0.1, -0.05) is 41.6 Å². The van der Waals surface area contributed by atoms with E-state index in [4.69, 9.17) is 4.74 Å². The van der Waals surface area contributed by atoms with Gasteiger partial charge >= 0.3 is 0 Å². The SMILES string of the molecule is O=C(Cc1ccccc1[N+](=O)[O-])NCc1cn(-c2ccc(Oc3ccccc3)cc2)nn1. The Bertz CT molecular complexity index is 1220. The first-order valence-corrected chi connectivity index (χ1v) is 9.82. The molecule has 4 aromatic rings. The lowest BCUT2D eigenvalue weighted by Gasteiger charge is -2.06. The number of nitro groups is 1. The van der Waals surface area contributed by atoms with Crippen molar-refractivity contribution in [3.05, 3.63) is 106 Å².